The summed E-state index contributed by atoms with van der Waals surface area (Å²) in [6, 6.07) is 2.96. The van der Waals surface area contributed by atoms with E-state index in [-0.39, 0.29) is 17.2 Å². The molecule has 0 aliphatic carbocycles. The summed E-state index contributed by atoms with van der Waals surface area (Å²) in [5.74, 6) is -0.764. The van der Waals surface area contributed by atoms with Crippen molar-refractivity contribution in [2.24, 2.45) is 0 Å². The third kappa shape index (κ3) is 2.21. The summed E-state index contributed by atoms with van der Waals surface area (Å²) in [6.07, 6.45) is 0.712. The second kappa shape index (κ2) is 4.79. The zero-order chi connectivity index (χ0) is 12.3. The standard InChI is InChI=1S/C12H14O4/c1-7(2)9-5-10(12(14)15)11(16-3)4-8(9)6-13/h4-7H,1-3H3,(H,14,15). The zero-order valence-corrected chi connectivity index (χ0v) is 9.48. The number of benzene rings is 1. The fraction of sp³-hybridized carbons (Fsp3) is 0.333. The van der Waals surface area contributed by atoms with E-state index in [0.29, 0.717) is 17.4 Å². The lowest BCUT2D eigenvalue weighted by molar-refractivity contribution is 0.0693. The minimum Gasteiger partial charge on any atom is -0.496 e. The van der Waals surface area contributed by atoms with Gasteiger partial charge in [-0.05, 0) is 23.6 Å². The van der Waals surface area contributed by atoms with E-state index in [1.165, 1.54) is 19.2 Å². The molecule has 4 nitrogen and oxygen atoms in total. The molecular weight excluding hydrogens is 208 g/mol. The van der Waals surface area contributed by atoms with E-state index >= 15 is 0 Å². The lowest BCUT2D eigenvalue weighted by Crippen LogP contribution is -2.05. The Labute approximate surface area is 93.9 Å². The number of hydrogen-bond acceptors (Lipinski definition) is 3. The topological polar surface area (TPSA) is 63.6 Å². The monoisotopic (exact) mass is 222 g/mol. The first-order valence-corrected chi connectivity index (χ1v) is 4.91. The lowest BCUT2D eigenvalue weighted by atomic mass is 9.95. The maximum atomic E-state index is 11.0. The molecule has 0 saturated heterocycles. The number of aldehydes is 1. The molecular formula is C12H14O4. The van der Waals surface area contributed by atoms with Gasteiger partial charge in [-0.25, -0.2) is 4.79 Å². The predicted octanol–water partition coefficient (Wildman–Crippen LogP) is 2.33. The molecule has 0 aromatic heterocycles. The van der Waals surface area contributed by atoms with E-state index in [4.69, 9.17) is 9.84 Å². The molecule has 0 aliphatic heterocycles. The average Bonchev–Trinajstić information content (AvgIpc) is 2.26. The summed E-state index contributed by atoms with van der Waals surface area (Å²) in [7, 11) is 1.38. The van der Waals surface area contributed by atoms with E-state index in [1.807, 2.05) is 13.8 Å². The molecule has 0 spiro atoms. The van der Waals surface area contributed by atoms with Crippen LogP contribution in [0.15, 0.2) is 12.1 Å². The number of hydrogen-bond donors (Lipinski definition) is 1. The van der Waals surface area contributed by atoms with Gasteiger partial charge in [-0.3, -0.25) is 4.79 Å². The second-order valence-corrected chi connectivity index (χ2v) is 3.76. The highest BCUT2D eigenvalue weighted by molar-refractivity contribution is 5.93. The third-order valence-electron chi connectivity index (χ3n) is 2.38. The molecule has 0 fully saturated rings. The van der Waals surface area contributed by atoms with Crippen LogP contribution in [0.1, 0.15) is 46.0 Å². The van der Waals surface area contributed by atoms with E-state index in [9.17, 15) is 9.59 Å². The normalized spacial score (nSPS) is 10.2. The highest BCUT2D eigenvalue weighted by atomic mass is 16.5. The summed E-state index contributed by atoms with van der Waals surface area (Å²) < 4.78 is 4.94. The first kappa shape index (κ1) is 12.2. The number of methoxy groups -OCH3 is 1. The zero-order valence-electron chi connectivity index (χ0n) is 9.48. The van der Waals surface area contributed by atoms with Gasteiger partial charge in [-0.1, -0.05) is 13.8 Å². The quantitative estimate of drug-likeness (QED) is 0.794. The van der Waals surface area contributed by atoms with Crippen LogP contribution in [0, 0.1) is 0 Å². The third-order valence-corrected chi connectivity index (χ3v) is 2.38. The molecule has 0 radical (unpaired) electrons. The van der Waals surface area contributed by atoms with Crippen LogP contribution < -0.4 is 4.74 Å². The van der Waals surface area contributed by atoms with Crippen molar-refractivity contribution in [3.05, 3.63) is 28.8 Å². The van der Waals surface area contributed by atoms with Crippen LogP contribution in [0.5, 0.6) is 5.75 Å². The van der Waals surface area contributed by atoms with Crippen LogP contribution in [-0.2, 0) is 0 Å². The number of carbonyl (C=O) groups is 2. The Kier molecular flexibility index (Phi) is 3.66. The van der Waals surface area contributed by atoms with Crippen LogP contribution in [0.3, 0.4) is 0 Å². The fourth-order valence-corrected chi connectivity index (χ4v) is 1.55. The smallest absolute Gasteiger partial charge is 0.339 e. The maximum Gasteiger partial charge on any atom is 0.339 e. The molecule has 1 rings (SSSR count). The van der Waals surface area contributed by atoms with Gasteiger partial charge in [0.2, 0.25) is 0 Å². The number of aromatic carboxylic acids is 1. The lowest BCUT2D eigenvalue weighted by Gasteiger charge is -2.12. The summed E-state index contributed by atoms with van der Waals surface area (Å²) in [5, 5.41) is 9.00. The Balaban J connectivity index is 3.46. The first-order chi connectivity index (χ1) is 7.51. The minimum absolute atomic E-state index is 0.0804. The van der Waals surface area contributed by atoms with Gasteiger partial charge < -0.3 is 9.84 Å². The molecule has 16 heavy (non-hydrogen) atoms. The van der Waals surface area contributed by atoms with Crippen LogP contribution in [0.25, 0.3) is 0 Å². The van der Waals surface area contributed by atoms with Crippen molar-refractivity contribution < 1.29 is 19.4 Å². The highest BCUT2D eigenvalue weighted by Gasteiger charge is 2.16. The number of ether oxygens (including phenoxy) is 1. The van der Waals surface area contributed by atoms with Crippen molar-refractivity contribution in [1.82, 2.24) is 0 Å². The van der Waals surface area contributed by atoms with Gasteiger partial charge in [0.15, 0.2) is 0 Å². The average molecular weight is 222 g/mol. The molecule has 0 saturated carbocycles. The van der Waals surface area contributed by atoms with Gasteiger partial charge in [0.25, 0.3) is 0 Å². The molecule has 0 unspecified atom stereocenters. The van der Waals surface area contributed by atoms with Crippen molar-refractivity contribution >= 4 is 12.3 Å². The Morgan fingerprint density at radius 3 is 2.44 bits per heavy atom. The van der Waals surface area contributed by atoms with E-state index in [1.54, 1.807) is 0 Å². The van der Waals surface area contributed by atoms with E-state index < -0.39 is 5.97 Å². The fourth-order valence-electron chi connectivity index (χ4n) is 1.55. The Bertz CT molecular complexity index is 421. The van der Waals surface area contributed by atoms with Crippen LogP contribution in [0.2, 0.25) is 0 Å². The number of carboxylic acids is 1. The molecule has 1 aromatic carbocycles. The molecule has 0 aliphatic rings. The van der Waals surface area contributed by atoms with Gasteiger partial charge in [-0.15, -0.1) is 0 Å². The van der Waals surface area contributed by atoms with Crippen LogP contribution >= 0.6 is 0 Å². The van der Waals surface area contributed by atoms with E-state index in [0.717, 1.165) is 0 Å². The molecule has 1 N–H and O–H groups in total. The van der Waals surface area contributed by atoms with Crippen LogP contribution in [-0.4, -0.2) is 24.5 Å². The predicted molar refractivity (Wildman–Crippen MR) is 59.4 cm³/mol. The Hall–Kier alpha value is -1.84. The Morgan fingerprint density at radius 1 is 1.44 bits per heavy atom. The van der Waals surface area contributed by atoms with Gasteiger partial charge in [0.05, 0.1) is 7.11 Å². The SMILES string of the molecule is COc1cc(C=O)c(C(C)C)cc1C(=O)O. The van der Waals surface area contributed by atoms with E-state index in [2.05, 4.69) is 0 Å². The van der Waals surface area contributed by atoms with Crippen LogP contribution in [0.4, 0.5) is 0 Å². The number of rotatable bonds is 4. The molecule has 0 bridgehead atoms. The summed E-state index contributed by atoms with van der Waals surface area (Å²) in [6.45, 7) is 3.81. The Morgan fingerprint density at radius 2 is 2.06 bits per heavy atom. The van der Waals surface area contributed by atoms with Gasteiger partial charge in [0.1, 0.15) is 17.6 Å². The molecule has 1 aromatic rings. The van der Waals surface area contributed by atoms with Gasteiger partial charge >= 0.3 is 5.97 Å². The highest BCUT2D eigenvalue weighted by Crippen LogP contribution is 2.27. The van der Waals surface area contributed by atoms with Crippen molar-refractivity contribution in [3.63, 3.8) is 0 Å². The maximum absolute atomic E-state index is 11.0. The number of carboxylic acid groups (broad SMARTS) is 1. The van der Waals surface area contributed by atoms with Crippen molar-refractivity contribution in [1.29, 1.82) is 0 Å². The summed E-state index contributed by atoms with van der Waals surface area (Å²) >= 11 is 0. The molecule has 0 amide bonds. The summed E-state index contributed by atoms with van der Waals surface area (Å²) in [5.41, 5.74) is 1.27. The summed E-state index contributed by atoms with van der Waals surface area (Å²) in [4.78, 5) is 21.9. The molecule has 86 valence electrons. The van der Waals surface area contributed by atoms with Crippen molar-refractivity contribution in [3.8, 4) is 5.75 Å². The van der Waals surface area contributed by atoms with Gasteiger partial charge in [-0.2, -0.15) is 0 Å². The van der Waals surface area contributed by atoms with Crippen molar-refractivity contribution in [2.45, 2.75) is 19.8 Å². The van der Waals surface area contributed by atoms with Gasteiger partial charge in [0, 0.05) is 5.56 Å². The van der Waals surface area contributed by atoms with Crippen molar-refractivity contribution in [2.75, 3.05) is 7.11 Å². The minimum atomic E-state index is -1.06. The first-order valence-electron chi connectivity index (χ1n) is 4.91. The largest absolute Gasteiger partial charge is 0.496 e. The molecule has 0 atom stereocenters. The second-order valence-electron chi connectivity index (χ2n) is 3.76. The number of carbonyl (C=O) groups excluding carboxylic acids is 1. The molecule has 0 heterocycles. The molecule has 4 heteroatoms.